The molecule has 1 fully saturated rings. The third kappa shape index (κ3) is 3.47. The number of amides is 1. The summed E-state index contributed by atoms with van der Waals surface area (Å²) < 4.78 is 5.00. The van der Waals surface area contributed by atoms with Crippen molar-refractivity contribution in [1.29, 1.82) is 0 Å². The number of ether oxygens (including phenoxy) is 1. The van der Waals surface area contributed by atoms with Gasteiger partial charge in [0.2, 0.25) is 0 Å². The van der Waals surface area contributed by atoms with Crippen molar-refractivity contribution in [1.82, 2.24) is 5.32 Å². The summed E-state index contributed by atoms with van der Waals surface area (Å²) in [4.78, 5) is 12.4. The molecule has 116 valence electrons. The van der Waals surface area contributed by atoms with E-state index in [0.717, 1.165) is 25.7 Å². The van der Waals surface area contributed by atoms with E-state index < -0.39 is 5.54 Å². The molecule has 21 heavy (non-hydrogen) atoms. The first-order valence-corrected chi connectivity index (χ1v) is 7.30. The van der Waals surface area contributed by atoms with Crippen LogP contribution in [-0.2, 0) is 0 Å². The number of carbonyl (C=O) groups excluding carboxylic acids is 1. The van der Waals surface area contributed by atoms with Gasteiger partial charge >= 0.3 is 0 Å². The zero-order valence-electron chi connectivity index (χ0n) is 12.6. The lowest BCUT2D eigenvalue weighted by atomic mass is 9.77. The highest BCUT2D eigenvalue weighted by atomic mass is 16.5. The van der Waals surface area contributed by atoms with Crippen LogP contribution in [0.3, 0.4) is 0 Å². The molecule has 3 N–H and O–H groups in total. The van der Waals surface area contributed by atoms with Gasteiger partial charge in [0.1, 0.15) is 11.5 Å². The zero-order valence-corrected chi connectivity index (χ0v) is 12.6. The number of benzene rings is 1. The van der Waals surface area contributed by atoms with Gasteiger partial charge in [-0.3, -0.25) is 4.79 Å². The number of carbonyl (C=O) groups is 1. The van der Waals surface area contributed by atoms with Crippen LogP contribution in [0, 0.1) is 5.92 Å². The first kappa shape index (κ1) is 15.6. The maximum atomic E-state index is 12.4. The Bertz CT molecular complexity index is 507. The van der Waals surface area contributed by atoms with Gasteiger partial charge in [-0.15, -0.1) is 0 Å². The molecule has 0 aromatic heterocycles. The minimum atomic E-state index is -0.573. The fourth-order valence-corrected chi connectivity index (χ4v) is 2.78. The molecule has 1 saturated carbocycles. The summed E-state index contributed by atoms with van der Waals surface area (Å²) in [6.07, 6.45) is 3.48. The van der Waals surface area contributed by atoms with E-state index in [1.807, 2.05) is 0 Å². The molecule has 1 aromatic carbocycles. The fraction of sp³-hybridized carbons (Fsp3) is 0.562. The summed E-state index contributed by atoms with van der Waals surface area (Å²) in [5.74, 6) is 0.631. The van der Waals surface area contributed by atoms with Gasteiger partial charge in [0.25, 0.3) is 5.91 Å². The number of nitrogens with one attached hydrogen (secondary N) is 1. The Labute approximate surface area is 124 Å². The number of aliphatic hydroxyl groups excluding tert-OH is 1. The molecule has 0 bridgehead atoms. The maximum absolute atomic E-state index is 12.4. The lowest BCUT2D eigenvalue weighted by Crippen LogP contribution is -2.53. The van der Waals surface area contributed by atoms with Crippen LogP contribution in [0.2, 0.25) is 0 Å². The second-order valence-electron chi connectivity index (χ2n) is 5.96. The van der Waals surface area contributed by atoms with E-state index in [0.29, 0.717) is 11.7 Å². The molecule has 5 heteroatoms. The van der Waals surface area contributed by atoms with Crippen molar-refractivity contribution in [2.45, 2.75) is 38.1 Å². The lowest BCUT2D eigenvalue weighted by molar-refractivity contribution is 0.0715. The van der Waals surface area contributed by atoms with E-state index in [-0.39, 0.29) is 23.8 Å². The van der Waals surface area contributed by atoms with Gasteiger partial charge in [0.05, 0.1) is 24.8 Å². The first-order chi connectivity index (χ1) is 9.99. The Morgan fingerprint density at radius 1 is 1.43 bits per heavy atom. The summed E-state index contributed by atoms with van der Waals surface area (Å²) in [7, 11) is 1.50. The van der Waals surface area contributed by atoms with Crippen LogP contribution in [0.4, 0.5) is 0 Å². The van der Waals surface area contributed by atoms with Crippen molar-refractivity contribution in [3.8, 4) is 11.5 Å². The number of phenols is 1. The number of aliphatic hydroxyl groups is 1. The van der Waals surface area contributed by atoms with E-state index in [2.05, 4.69) is 12.2 Å². The Hall–Kier alpha value is -1.75. The Morgan fingerprint density at radius 2 is 2.10 bits per heavy atom. The van der Waals surface area contributed by atoms with E-state index >= 15 is 0 Å². The quantitative estimate of drug-likeness (QED) is 0.794. The second-order valence-corrected chi connectivity index (χ2v) is 5.96. The second kappa shape index (κ2) is 6.35. The van der Waals surface area contributed by atoms with Gasteiger partial charge in [-0.2, -0.15) is 0 Å². The molecule has 2 rings (SSSR count). The Balaban J connectivity index is 2.13. The summed E-state index contributed by atoms with van der Waals surface area (Å²) in [6.45, 7) is 2.10. The molecule has 0 aliphatic heterocycles. The van der Waals surface area contributed by atoms with Crippen molar-refractivity contribution in [2.75, 3.05) is 13.7 Å². The van der Waals surface area contributed by atoms with E-state index in [1.54, 1.807) is 6.07 Å². The predicted molar refractivity (Wildman–Crippen MR) is 79.6 cm³/mol. The molecule has 0 unspecified atom stereocenters. The van der Waals surface area contributed by atoms with Crippen LogP contribution in [-0.4, -0.2) is 35.4 Å². The van der Waals surface area contributed by atoms with Crippen molar-refractivity contribution < 1.29 is 19.7 Å². The monoisotopic (exact) mass is 293 g/mol. The number of methoxy groups -OCH3 is 1. The third-order valence-corrected chi connectivity index (χ3v) is 4.36. The van der Waals surface area contributed by atoms with Crippen LogP contribution in [0.5, 0.6) is 11.5 Å². The van der Waals surface area contributed by atoms with Gasteiger partial charge in [0, 0.05) is 6.07 Å². The molecular formula is C16H23NO4. The average Bonchev–Trinajstić information content (AvgIpc) is 2.49. The summed E-state index contributed by atoms with van der Waals surface area (Å²) in [5, 5.41) is 22.5. The minimum Gasteiger partial charge on any atom is -0.507 e. The highest BCUT2D eigenvalue weighted by Crippen LogP contribution is 2.32. The molecule has 0 radical (unpaired) electrons. The van der Waals surface area contributed by atoms with Crippen LogP contribution in [0.25, 0.3) is 0 Å². The van der Waals surface area contributed by atoms with E-state index in [4.69, 9.17) is 4.74 Å². The SMILES string of the molecule is COc1ccc(C(=O)NC2(CO)CCC(C)CC2)c(O)c1. The summed E-state index contributed by atoms with van der Waals surface area (Å²) in [5.41, 5.74) is -0.377. The van der Waals surface area contributed by atoms with E-state index in [9.17, 15) is 15.0 Å². The highest BCUT2D eigenvalue weighted by molar-refractivity contribution is 5.97. The molecule has 0 atom stereocenters. The molecule has 0 spiro atoms. The predicted octanol–water partition coefficient (Wildman–Crippen LogP) is 2.07. The molecule has 0 saturated heterocycles. The van der Waals surface area contributed by atoms with Crippen molar-refractivity contribution in [3.63, 3.8) is 0 Å². The standard InChI is InChI=1S/C16H23NO4/c1-11-5-7-16(10-18,8-6-11)17-15(20)13-4-3-12(21-2)9-14(13)19/h3-4,9,11,18-19H,5-8,10H2,1-2H3,(H,17,20). The third-order valence-electron chi connectivity index (χ3n) is 4.36. The normalized spacial score (nSPS) is 25.4. The van der Waals surface area contributed by atoms with Crippen molar-refractivity contribution in [3.05, 3.63) is 23.8 Å². The fourth-order valence-electron chi connectivity index (χ4n) is 2.78. The minimum absolute atomic E-state index is 0.0810. The molecule has 1 aliphatic rings. The molecule has 5 nitrogen and oxygen atoms in total. The first-order valence-electron chi connectivity index (χ1n) is 7.30. The average molecular weight is 293 g/mol. The lowest BCUT2D eigenvalue weighted by Gasteiger charge is -2.38. The Morgan fingerprint density at radius 3 is 2.62 bits per heavy atom. The van der Waals surface area contributed by atoms with Crippen molar-refractivity contribution >= 4 is 5.91 Å². The largest absolute Gasteiger partial charge is 0.507 e. The Kier molecular flexibility index (Phi) is 4.73. The molecule has 1 amide bonds. The maximum Gasteiger partial charge on any atom is 0.255 e. The molecule has 1 aliphatic carbocycles. The molecule has 1 aromatic rings. The van der Waals surface area contributed by atoms with E-state index in [1.165, 1.54) is 19.2 Å². The molecular weight excluding hydrogens is 270 g/mol. The number of aromatic hydroxyl groups is 1. The number of hydrogen-bond acceptors (Lipinski definition) is 4. The smallest absolute Gasteiger partial charge is 0.255 e. The highest BCUT2D eigenvalue weighted by Gasteiger charge is 2.35. The van der Waals surface area contributed by atoms with Gasteiger partial charge < -0.3 is 20.3 Å². The topological polar surface area (TPSA) is 78.8 Å². The zero-order chi connectivity index (χ0) is 15.5. The van der Waals surface area contributed by atoms with Crippen LogP contribution in [0.15, 0.2) is 18.2 Å². The van der Waals surface area contributed by atoms with Crippen molar-refractivity contribution in [2.24, 2.45) is 5.92 Å². The van der Waals surface area contributed by atoms with Crippen LogP contribution in [0.1, 0.15) is 43.0 Å². The van der Waals surface area contributed by atoms with Crippen LogP contribution >= 0.6 is 0 Å². The van der Waals surface area contributed by atoms with Gasteiger partial charge in [-0.25, -0.2) is 0 Å². The number of phenolic OH excluding ortho intramolecular Hbond substituents is 1. The van der Waals surface area contributed by atoms with Gasteiger partial charge in [-0.1, -0.05) is 6.92 Å². The van der Waals surface area contributed by atoms with Crippen LogP contribution < -0.4 is 10.1 Å². The number of hydrogen-bond donors (Lipinski definition) is 3. The summed E-state index contributed by atoms with van der Waals surface area (Å²) in [6, 6.07) is 4.56. The van der Waals surface area contributed by atoms with Gasteiger partial charge in [0.15, 0.2) is 0 Å². The summed E-state index contributed by atoms with van der Waals surface area (Å²) >= 11 is 0. The molecule has 0 heterocycles. The number of rotatable bonds is 4. The van der Waals surface area contributed by atoms with Gasteiger partial charge in [-0.05, 0) is 43.7 Å².